The molecule has 1 aliphatic rings. The topological polar surface area (TPSA) is 58.6 Å². The van der Waals surface area contributed by atoms with Gasteiger partial charge in [0.15, 0.2) is 0 Å². The van der Waals surface area contributed by atoms with Gasteiger partial charge in [-0.3, -0.25) is 14.5 Å². The number of amides is 2. The highest BCUT2D eigenvalue weighted by atomic mass is 35.5. The number of ether oxygens (including phenoxy) is 1. The number of methoxy groups -OCH3 is 1. The predicted molar refractivity (Wildman–Crippen MR) is 114 cm³/mol. The summed E-state index contributed by atoms with van der Waals surface area (Å²) in [6.07, 6.45) is 2.19. The summed E-state index contributed by atoms with van der Waals surface area (Å²) >= 11 is 5.95. The number of likely N-dealkylation sites (tertiary alicyclic amines) is 1. The summed E-state index contributed by atoms with van der Waals surface area (Å²) in [5.74, 6) is 0.721. The Kier molecular flexibility index (Phi) is 7.29. The largest absolute Gasteiger partial charge is 0.496 e. The van der Waals surface area contributed by atoms with Gasteiger partial charge in [-0.15, -0.1) is 0 Å². The summed E-state index contributed by atoms with van der Waals surface area (Å²) < 4.78 is 5.57. The molecule has 0 spiro atoms. The Morgan fingerprint density at radius 1 is 1.10 bits per heavy atom. The Labute approximate surface area is 177 Å². The summed E-state index contributed by atoms with van der Waals surface area (Å²) in [5, 5.41) is 4.25. The minimum absolute atomic E-state index is 0.0572. The molecule has 0 aromatic heterocycles. The molecule has 5 nitrogen and oxygen atoms in total. The lowest BCUT2D eigenvalue weighted by atomic mass is 10.0. The molecule has 154 valence electrons. The van der Waals surface area contributed by atoms with Crippen molar-refractivity contribution in [2.75, 3.05) is 13.7 Å². The van der Waals surface area contributed by atoms with Gasteiger partial charge in [0.25, 0.3) is 0 Å². The molecule has 1 saturated heterocycles. The third-order valence-corrected chi connectivity index (χ3v) is 5.57. The molecule has 1 fully saturated rings. The van der Waals surface area contributed by atoms with Crippen LogP contribution in [0.15, 0.2) is 42.5 Å². The van der Waals surface area contributed by atoms with Crippen molar-refractivity contribution in [2.45, 2.75) is 45.2 Å². The fourth-order valence-corrected chi connectivity index (χ4v) is 3.67. The Hall–Kier alpha value is -2.37. The molecule has 29 heavy (non-hydrogen) atoms. The number of hydrogen-bond acceptors (Lipinski definition) is 4. The zero-order valence-electron chi connectivity index (χ0n) is 16.9. The quantitative estimate of drug-likeness (QED) is 0.622. The van der Waals surface area contributed by atoms with Crippen LogP contribution in [0.4, 0.5) is 0 Å². The second-order valence-corrected chi connectivity index (χ2v) is 7.78. The maximum absolute atomic E-state index is 11.7. The molecule has 2 amide bonds. The third kappa shape index (κ3) is 5.58. The van der Waals surface area contributed by atoms with Crippen LogP contribution >= 0.6 is 11.6 Å². The molecule has 1 N–H and O–H groups in total. The summed E-state index contributed by atoms with van der Waals surface area (Å²) in [5.41, 5.74) is 3.40. The smallest absolute Gasteiger partial charge is 0.229 e. The van der Waals surface area contributed by atoms with Crippen molar-refractivity contribution in [2.24, 2.45) is 0 Å². The highest BCUT2D eigenvalue weighted by Gasteiger charge is 2.28. The van der Waals surface area contributed by atoms with Gasteiger partial charge in [0.05, 0.1) is 7.11 Å². The van der Waals surface area contributed by atoms with Crippen molar-refractivity contribution in [1.82, 2.24) is 10.2 Å². The normalized spacial score (nSPS) is 15.1. The molecule has 2 aromatic rings. The number of benzene rings is 2. The molecule has 1 atom stereocenters. The van der Waals surface area contributed by atoms with Gasteiger partial charge >= 0.3 is 0 Å². The highest BCUT2D eigenvalue weighted by molar-refractivity contribution is 6.30. The van der Waals surface area contributed by atoms with Crippen LogP contribution in [0, 0.1) is 0 Å². The van der Waals surface area contributed by atoms with Crippen LogP contribution in [0.5, 0.6) is 5.75 Å². The molecule has 1 heterocycles. The van der Waals surface area contributed by atoms with Gasteiger partial charge in [0.1, 0.15) is 5.75 Å². The summed E-state index contributed by atoms with van der Waals surface area (Å²) in [7, 11) is 1.67. The number of hydrogen-bond donors (Lipinski definition) is 1. The zero-order chi connectivity index (χ0) is 20.8. The number of halogens is 1. The van der Waals surface area contributed by atoms with E-state index in [1.165, 1.54) is 10.5 Å². The Balaban J connectivity index is 1.54. The number of carbonyl (C=O) groups excluding carboxylic acids is 2. The average molecular weight is 415 g/mol. The van der Waals surface area contributed by atoms with Crippen molar-refractivity contribution in [3.63, 3.8) is 0 Å². The molecule has 3 rings (SSSR count). The van der Waals surface area contributed by atoms with E-state index in [1.54, 1.807) is 7.11 Å². The zero-order valence-corrected chi connectivity index (χ0v) is 17.7. The molecule has 6 heteroatoms. The lowest BCUT2D eigenvalue weighted by Gasteiger charge is -2.17. The van der Waals surface area contributed by atoms with E-state index in [1.807, 2.05) is 30.3 Å². The van der Waals surface area contributed by atoms with Crippen molar-refractivity contribution < 1.29 is 14.3 Å². The summed E-state index contributed by atoms with van der Waals surface area (Å²) in [6, 6.07) is 14.3. The van der Waals surface area contributed by atoms with Crippen LogP contribution in [0.3, 0.4) is 0 Å². The fraction of sp³-hybridized carbons (Fsp3) is 0.391. The second kappa shape index (κ2) is 9.90. The number of nitrogens with zero attached hydrogens (tertiary/aromatic N) is 1. The second-order valence-electron chi connectivity index (χ2n) is 7.34. The maximum Gasteiger partial charge on any atom is 0.229 e. The first-order valence-corrected chi connectivity index (χ1v) is 10.3. The van der Waals surface area contributed by atoms with E-state index in [-0.39, 0.29) is 17.9 Å². The highest BCUT2D eigenvalue weighted by Crippen LogP contribution is 2.23. The predicted octanol–water partition coefficient (Wildman–Crippen LogP) is 4.28. The molecule has 1 aliphatic heterocycles. The van der Waals surface area contributed by atoms with Crippen molar-refractivity contribution >= 4 is 23.4 Å². The van der Waals surface area contributed by atoms with E-state index >= 15 is 0 Å². The van der Waals surface area contributed by atoms with E-state index in [9.17, 15) is 9.59 Å². The number of carbonyl (C=O) groups is 2. The summed E-state index contributed by atoms with van der Waals surface area (Å²) in [4.78, 5) is 24.8. The first-order chi connectivity index (χ1) is 14.0. The monoisotopic (exact) mass is 414 g/mol. The molecule has 0 radical (unpaired) electrons. The first-order valence-electron chi connectivity index (χ1n) is 9.95. The maximum atomic E-state index is 11.7. The number of aryl methyl sites for hydroxylation is 1. The van der Waals surface area contributed by atoms with Gasteiger partial charge < -0.3 is 10.1 Å². The fourth-order valence-electron chi connectivity index (χ4n) is 3.55. The van der Waals surface area contributed by atoms with E-state index in [2.05, 4.69) is 24.4 Å². The minimum Gasteiger partial charge on any atom is -0.496 e. The molecule has 0 aliphatic carbocycles. The third-order valence-electron chi connectivity index (χ3n) is 5.32. The number of rotatable bonds is 9. The molecule has 0 saturated carbocycles. The van der Waals surface area contributed by atoms with Crippen LogP contribution in [-0.2, 0) is 22.6 Å². The van der Waals surface area contributed by atoms with E-state index in [4.69, 9.17) is 16.3 Å². The van der Waals surface area contributed by atoms with Crippen molar-refractivity contribution in [1.29, 1.82) is 0 Å². The van der Waals surface area contributed by atoms with Crippen LogP contribution in [-0.4, -0.2) is 30.4 Å². The van der Waals surface area contributed by atoms with Gasteiger partial charge in [-0.2, -0.15) is 0 Å². The Bertz CT molecular complexity index is 851. The molecular formula is C23H27ClN2O3. The van der Waals surface area contributed by atoms with E-state index < -0.39 is 0 Å². The number of nitrogens with one attached hydrogen (secondary N) is 1. The van der Waals surface area contributed by atoms with Gasteiger partial charge in [-0.1, -0.05) is 35.9 Å². The lowest BCUT2D eigenvalue weighted by Crippen LogP contribution is -2.30. The average Bonchev–Trinajstić information content (AvgIpc) is 3.05. The van der Waals surface area contributed by atoms with E-state index in [0.717, 1.165) is 41.3 Å². The molecule has 2 aromatic carbocycles. The van der Waals surface area contributed by atoms with E-state index in [0.29, 0.717) is 19.4 Å². The summed E-state index contributed by atoms with van der Waals surface area (Å²) in [6.45, 7) is 3.32. The van der Waals surface area contributed by atoms with Crippen molar-refractivity contribution in [3.05, 3.63) is 64.2 Å². The SMILES string of the molecule is COc1cc(CN[C@@H](C)c2ccc(Cl)cc2)ccc1CCCN1C(=O)CCC1=O. The molecular weight excluding hydrogens is 388 g/mol. The van der Waals surface area contributed by atoms with Crippen LogP contribution in [0.25, 0.3) is 0 Å². The standard InChI is InChI=1S/C23H27ClN2O3/c1-16(18-7-9-20(24)10-8-18)25-15-17-5-6-19(21(14-17)29-2)4-3-13-26-22(27)11-12-23(26)28/h5-10,14,16,25H,3-4,11-13,15H2,1-2H3/t16-/m0/s1. The van der Waals surface area contributed by atoms with Crippen LogP contribution < -0.4 is 10.1 Å². The van der Waals surface area contributed by atoms with Gasteiger partial charge in [0, 0.05) is 37.0 Å². The van der Waals surface area contributed by atoms with Gasteiger partial charge in [-0.05, 0) is 54.7 Å². The van der Waals surface area contributed by atoms with Crippen molar-refractivity contribution in [3.8, 4) is 5.75 Å². The van der Waals surface area contributed by atoms with Gasteiger partial charge in [-0.25, -0.2) is 0 Å². The Morgan fingerprint density at radius 3 is 2.45 bits per heavy atom. The molecule has 0 bridgehead atoms. The van der Waals surface area contributed by atoms with Gasteiger partial charge in [0.2, 0.25) is 11.8 Å². The van der Waals surface area contributed by atoms with Crippen LogP contribution in [0.2, 0.25) is 5.02 Å². The molecule has 0 unspecified atom stereocenters. The lowest BCUT2D eigenvalue weighted by molar-refractivity contribution is -0.138. The first kappa shape index (κ1) is 21.3. The Morgan fingerprint density at radius 2 is 1.79 bits per heavy atom. The van der Waals surface area contributed by atoms with Crippen LogP contribution in [0.1, 0.15) is 48.9 Å². The minimum atomic E-state index is -0.0572. The number of imide groups is 1.